The average molecular weight is 363 g/mol. The van der Waals surface area contributed by atoms with Gasteiger partial charge in [-0.05, 0) is 48.0 Å². The van der Waals surface area contributed by atoms with E-state index >= 15 is 0 Å². The van der Waals surface area contributed by atoms with Gasteiger partial charge < -0.3 is 10.1 Å². The Kier molecular flexibility index (Phi) is 4.14. The topological polar surface area (TPSA) is 38.3 Å². The predicted octanol–water partition coefficient (Wildman–Crippen LogP) is 4.37. The molecule has 3 fully saturated rings. The summed E-state index contributed by atoms with van der Waals surface area (Å²) in [5, 5.41) is 3.29. The van der Waals surface area contributed by atoms with Crippen molar-refractivity contribution in [2.75, 3.05) is 6.61 Å². The molecule has 3 nitrogen and oxygen atoms in total. The summed E-state index contributed by atoms with van der Waals surface area (Å²) >= 11 is 0. The van der Waals surface area contributed by atoms with Gasteiger partial charge in [-0.2, -0.15) is 0 Å². The number of amides is 1. The second-order valence-corrected chi connectivity index (χ2v) is 8.86. The van der Waals surface area contributed by atoms with Crippen LogP contribution in [0.5, 0.6) is 0 Å². The zero-order valence-corrected chi connectivity index (χ0v) is 15.6. The molecule has 5 heteroatoms. The Morgan fingerprint density at radius 2 is 2.12 bits per heavy atom. The van der Waals surface area contributed by atoms with Crippen LogP contribution in [0.3, 0.4) is 0 Å². The largest absolute Gasteiger partial charge is 0.373 e. The molecule has 0 radical (unpaired) electrons. The van der Waals surface area contributed by atoms with E-state index in [1.54, 1.807) is 0 Å². The molecule has 5 atom stereocenters. The molecule has 2 aliphatic carbocycles. The van der Waals surface area contributed by atoms with Gasteiger partial charge in [0, 0.05) is 30.7 Å². The second-order valence-electron chi connectivity index (χ2n) is 8.86. The van der Waals surface area contributed by atoms with E-state index in [1.165, 1.54) is 12.1 Å². The van der Waals surface area contributed by atoms with Gasteiger partial charge in [0.05, 0.1) is 6.10 Å². The molecule has 2 bridgehead atoms. The minimum atomic E-state index is -0.570. The van der Waals surface area contributed by atoms with E-state index in [-0.39, 0.29) is 34.8 Å². The van der Waals surface area contributed by atoms with E-state index in [1.807, 2.05) is 6.92 Å². The number of nitrogens with one attached hydrogen (secondary N) is 1. The van der Waals surface area contributed by atoms with Crippen LogP contribution in [0.15, 0.2) is 18.2 Å². The van der Waals surface area contributed by atoms with Gasteiger partial charge in [0.15, 0.2) is 0 Å². The van der Waals surface area contributed by atoms with E-state index in [0.717, 1.165) is 25.3 Å². The average Bonchev–Trinajstić information content (AvgIpc) is 3.08. The molecular formula is C21H27F2NO2. The van der Waals surface area contributed by atoms with E-state index < -0.39 is 11.6 Å². The molecule has 26 heavy (non-hydrogen) atoms. The van der Waals surface area contributed by atoms with Gasteiger partial charge in [-0.1, -0.05) is 26.8 Å². The molecule has 1 aromatic carbocycles. The molecule has 1 amide bonds. The molecule has 1 aliphatic heterocycles. The third kappa shape index (κ3) is 2.43. The number of carbonyl (C=O) groups excluding carboxylic acids is 1. The maximum atomic E-state index is 14.5. The quantitative estimate of drug-likeness (QED) is 0.866. The highest BCUT2D eigenvalue weighted by Gasteiger charge is 2.68. The first-order valence-electron chi connectivity index (χ1n) is 9.65. The third-order valence-electron chi connectivity index (χ3n) is 7.40. The number of rotatable bonds is 3. The number of hydrogen-bond acceptors (Lipinski definition) is 2. The molecular weight excluding hydrogens is 336 g/mol. The lowest BCUT2D eigenvalue weighted by atomic mass is 9.58. The summed E-state index contributed by atoms with van der Waals surface area (Å²) in [6, 6.07) is 3.83. The first-order chi connectivity index (χ1) is 12.3. The van der Waals surface area contributed by atoms with E-state index in [4.69, 9.17) is 4.74 Å². The second kappa shape index (κ2) is 6.01. The van der Waals surface area contributed by atoms with Gasteiger partial charge in [-0.25, -0.2) is 8.78 Å². The Morgan fingerprint density at radius 3 is 2.81 bits per heavy atom. The Hall–Kier alpha value is -1.49. The third-order valence-corrected chi connectivity index (χ3v) is 7.40. The van der Waals surface area contributed by atoms with Crippen molar-refractivity contribution in [3.63, 3.8) is 0 Å². The van der Waals surface area contributed by atoms with Gasteiger partial charge in [0.25, 0.3) is 0 Å². The normalized spacial score (nSPS) is 37.4. The Bertz CT molecular complexity index is 735. The summed E-state index contributed by atoms with van der Waals surface area (Å²) in [7, 11) is 0. The Balaban J connectivity index is 1.71. The SMILES string of the molecule is CCC(=O)N[C@@H]1C(C)(C)[C@@H]2C[C@@H]3[C@@H](c4ccc(F)cc4F)OCC[C@@]31C2. The molecule has 1 heterocycles. The zero-order chi connectivity index (χ0) is 18.7. The highest BCUT2D eigenvalue weighted by atomic mass is 19.1. The fourth-order valence-electron chi connectivity index (χ4n) is 6.09. The summed E-state index contributed by atoms with van der Waals surface area (Å²) in [5.41, 5.74) is 0.397. The number of ether oxygens (including phenoxy) is 1. The number of hydrogen-bond donors (Lipinski definition) is 1. The standard InChI is InChI=1S/C21H27F2NO2/c1-4-17(25)24-19-20(2,3)12-9-15-18(26-8-7-21(15,19)11-12)14-6-5-13(22)10-16(14)23/h5-6,10,12,15,18-19H,4,7-9,11H2,1-3H3,(H,24,25)/t12-,15-,18-,19-,21-/m1/s1. The lowest BCUT2D eigenvalue weighted by Gasteiger charge is -2.53. The van der Waals surface area contributed by atoms with Crippen LogP contribution in [-0.2, 0) is 9.53 Å². The van der Waals surface area contributed by atoms with E-state index in [0.29, 0.717) is 24.5 Å². The van der Waals surface area contributed by atoms with Gasteiger partial charge in [0.1, 0.15) is 11.6 Å². The van der Waals surface area contributed by atoms with Crippen molar-refractivity contribution in [1.29, 1.82) is 0 Å². The van der Waals surface area contributed by atoms with Crippen molar-refractivity contribution >= 4 is 5.91 Å². The molecule has 142 valence electrons. The number of carbonyl (C=O) groups is 1. The summed E-state index contributed by atoms with van der Waals surface area (Å²) in [6.07, 6.45) is 2.98. The molecule has 0 aromatic heterocycles. The summed E-state index contributed by atoms with van der Waals surface area (Å²) in [5.74, 6) is -0.416. The van der Waals surface area contributed by atoms with Crippen LogP contribution < -0.4 is 5.32 Å². The maximum Gasteiger partial charge on any atom is 0.219 e. The maximum absolute atomic E-state index is 14.5. The first kappa shape index (κ1) is 17.9. The Labute approximate surface area is 153 Å². The van der Waals surface area contributed by atoms with Crippen molar-refractivity contribution in [2.24, 2.45) is 22.7 Å². The fourth-order valence-corrected chi connectivity index (χ4v) is 6.09. The van der Waals surface area contributed by atoms with Crippen molar-refractivity contribution in [3.05, 3.63) is 35.4 Å². The van der Waals surface area contributed by atoms with Crippen molar-refractivity contribution in [1.82, 2.24) is 5.32 Å². The summed E-state index contributed by atoms with van der Waals surface area (Å²) < 4.78 is 33.8. The van der Waals surface area contributed by atoms with E-state index in [2.05, 4.69) is 19.2 Å². The van der Waals surface area contributed by atoms with Crippen LogP contribution >= 0.6 is 0 Å². The molecule has 2 saturated carbocycles. The molecule has 1 saturated heterocycles. The number of fused-ring (bicyclic) bond motifs is 1. The van der Waals surface area contributed by atoms with Crippen LogP contribution in [0.1, 0.15) is 58.1 Å². The van der Waals surface area contributed by atoms with Gasteiger partial charge in [-0.15, -0.1) is 0 Å². The number of halogens is 2. The van der Waals surface area contributed by atoms with Crippen LogP contribution in [-0.4, -0.2) is 18.6 Å². The highest BCUT2D eigenvalue weighted by molar-refractivity contribution is 5.76. The van der Waals surface area contributed by atoms with Crippen LogP contribution in [0, 0.1) is 34.3 Å². The molecule has 1 aromatic rings. The molecule has 1 N–H and O–H groups in total. The predicted molar refractivity (Wildman–Crippen MR) is 94.3 cm³/mol. The van der Waals surface area contributed by atoms with Crippen LogP contribution in [0.25, 0.3) is 0 Å². The van der Waals surface area contributed by atoms with Crippen molar-refractivity contribution < 1.29 is 18.3 Å². The monoisotopic (exact) mass is 363 g/mol. The molecule has 0 unspecified atom stereocenters. The molecule has 4 rings (SSSR count). The van der Waals surface area contributed by atoms with Crippen molar-refractivity contribution in [2.45, 2.75) is 58.6 Å². The van der Waals surface area contributed by atoms with Gasteiger partial charge in [-0.3, -0.25) is 4.79 Å². The Morgan fingerprint density at radius 1 is 1.35 bits per heavy atom. The smallest absolute Gasteiger partial charge is 0.219 e. The first-order valence-corrected chi connectivity index (χ1v) is 9.65. The fraction of sp³-hybridized carbons (Fsp3) is 0.667. The lowest BCUT2D eigenvalue weighted by molar-refractivity contribution is -0.137. The van der Waals surface area contributed by atoms with Crippen LogP contribution in [0.4, 0.5) is 8.78 Å². The van der Waals surface area contributed by atoms with Gasteiger partial charge in [0.2, 0.25) is 5.91 Å². The summed E-state index contributed by atoms with van der Waals surface area (Å²) in [4.78, 5) is 12.2. The zero-order valence-electron chi connectivity index (χ0n) is 15.6. The summed E-state index contributed by atoms with van der Waals surface area (Å²) in [6.45, 7) is 6.89. The van der Waals surface area contributed by atoms with Gasteiger partial charge >= 0.3 is 0 Å². The van der Waals surface area contributed by atoms with E-state index in [9.17, 15) is 13.6 Å². The molecule has 3 aliphatic rings. The highest BCUT2D eigenvalue weighted by Crippen LogP contribution is 2.70. The molecule has 1 spiro atoms. The number of benzene rings is 1. The van der Waals surface area contributed by atoms with Crippen molar-refractivity contribution in [3.8, 4) is 0 Å². The minimum absolute atomic E-state index is 0.0184. The van der Waals surface area contributed by atoms with Crippen LogP contribution in [0.2, 0.25) is 0 Å². The minimum Gasteiger partial charge on any atom is -0.373 e. The lowest BCUT2D eigenvalue weighted by Crippen LogP contribution is -2.58.